The number of guanidine groups is 1. The number of sulfone groups is 1. The van der Waals surface area contributed by atoms with Crippen molar-refractivity contribution in [3.8, 4) is 0 Å². The van der Waals surface area contributed by atoms with Crippen LogP contribution in [0.15, 0.2) is 21.8 Å². The number of nitrogens with one attached hydrogen (secondary N) is 2. The number of hydrogen-bond donors (Lipinski definition) is 3. The van der Waals surface area contributed by atoms with Gasteiger partial charge in [-0.05, 0) is 42.7 Å². The zero-order chi connectivity index (χ0) is 16.6. The lowest BCUT2D eigenvalue weighted by atomic mass is 10.00. The molecule has 1 rings (SSSR count). The summed E-state index contributed by atoms with van der Waals surface area (Å²) in [6, 6.07) is 1.88. The summed E-state index contributed by atoms with van der Waals surface area (Å²) in [6.07, 6.45) is 1.74. The molecular formula is C14H25N3O3S2. The quantitative estimate of drug-likeness (QED) is 0.370. The van der Waals surface area contributed by atoms with E-state index in [-0.39, 0.29) is 12.3 Å². The summed E-state index contributed by atoms with van der Waals surface area (Å²) in [7, 11) is -2.94. The van der Waals surface area contributed by atoms with Crippen LogP contribution < -0.4 is 10.6 Å². The molecule has 0 aromatic carbocycles. The third-order valence-electron chi connectivity index (χ3n) is 3.02. The minimum Gasteiger partial charge on any atom is -0.383 e. The van der Waals surface area contributed by atoms with E-state index < -0.39 is 15.4 Å². The van der Waals surface area contributed by atoms with Gasteiger partial charge in [0, 0.05) is 19.3 Å². The molecule has 1 aromatic rings. The van der Waals surface area contributed by atoms with Crippen molar-refractivity contribution in [1.82, 2.24) is 10.6 Å². The first kappa shape index (κ1) is 18.9. The van der Waals surface area contributed by atoms with Crippen LogP contribution in [0.3, 0.4) is 0 Å². The van der Waals surface area contributed by atoms with Gasteiger partial charge in [0.15, 0.2) is 5.96 Å². The van der Waals surface area contributed by atoms with Crippen molar-refractivity contribution >= 4 is 27.1 Å². The van der Waals surface area contributed by atoms with E-state index in [2.05, 4.69) is 15.6 Å². The van der Waals surface area contributed by atoms with Crippen LogP contribution in [0.4, 0.5) is 0 Å². The van der Waals surface area contributed by atoms with Gasteiger partial charge >= 0.3 is 0 Å². The third kappa shape index (κ3) is 7.24. The van der Waals surface area contributed by atoms with E-state index in [1.165, 1.54) is 17.6 Å². The standard InChI is InChI=1S/C14H25N3O3S2/c1-4-15-13(16-7-5-9-22(3,19)20)17-11-14(2,18)12-6-8-21-10-12/h6,8,10,18H,4-5,7,9,11H2,1-3H3,(H2,15,16,17). The van der Waals surface area contributed by atoms with Crippen LogP contribution in [-0.2, 0) is 15.4 Å². The van der Waals surface area contributed by atoms with Gasteiger partial charge in [0.2, 0.25) is 0 Å². The largest absolute Gasteiger partial charge is 0.383 e. The Morgan fingerprint density at radius 3 is 2.73 bits per heavy atom. The summed E-state index contributed by atoms with van der Waals surface area (Å²) < 4.78 is 22.2. The fourth-order valence-corrected chi connectivity index (χ4v) is 3.23. The lowest BCUT2D eigenvalue weighted by Crippen LogP contribution is -2.39. The van der Waals surface area contributed by atoms with Gasteiger partial charge in [-0.3, -0.25) is 0 Å². The number of nitrogens with zero attached hydrogens (tertiary/aromatic N) is 1. The maximum absolute atomic E-state index is 11.1. The van der Waals surface area contributed by atoms with Crippen molar-refractivity contribution in [2.45, 2.75) is 25.9 Å². The Hall–Kier alpha value is -1.12. The summed E-state index contributed by atoms with van der Waals surface area (Å²) in [5.74, 6) is 0.720. The number of rotatable bonds is 8. The van der Waals surface area contributed by atoms with Crippen molar-refractivity contribution < 1.29 is 13.5 Å². The highest BCUT2D eigenvalue weighted by atomic mass is 32.2. The number of aliphatic imine (C=N–C) groups is 1. The Bertz CT molecular complexity index is 566. The average Bonchev–Trinajstić information content (AvgIpc) is 2.94. The molecule has 1 aromatic heterocycles. The Labute approximate surface area is 136 Å². The molecule has 0 radical (unpaired) electrons. The number of hydrogen-bond acceptors (Lipinski definition) is 5. The molecule has 0 aliphatic carbocycles. The zero-order valence-electron chi connectivity index (χ0n) is 13.3. The van der Waals surface area contributed by atoms with E-state index in [9.17, 15) is 13.5 Å². The maximum Gasteiger partial charge on any atom is 0.191 e. The molecule has 1 heterocycles. The summed E-state index contributed by atoms with van der Waals surface area (Å²) in [5, 5.41) is 20.4. The first-order valence-corrected chi connectivity index (χ1v) is 10.2. The van der Waals surface area contributed by atoms with Crippen LogP contribution in [0, 0.1) is 0 Å². The summed E-state index contributed by atoms with van der Waals surface area (Å²) in [4.78, 5) is 4.37. The second-order valence-corrected chi connectivity index (χ2v) is 8.43. The monoisotopic (exact) mass is 347 g/mol. The first-order valence-electron chi connectivity index (χ1n) is 7.19. The number of thiophene rings is 1. The van der Waals surface area contributed by atoms with Gasteiger partial charge in [0.05, 0.1) is 12.3 Å². The molecular weight excluding hydrogens is 322 g/mol. The molecule has 0 bridgehead atoms. The van der Waals surface area contributed by atoms with Gasteiger partial charge in [0.25, 0.3) is 0 Å². The molecule has 0 amide bonds. The van der Waals surface area contributed by atoms with Crippen molar-refractivity contribution in [3.05, 3.63) is 22.4 Å². The molecule has 0 spiro atoms. The molecule has 8 heteroatoms. The molecule has 6 nitrogen and oxygen atoms in total. The fraction of sp³-hybridized carbons (Fsp3) is 0.643. The minimum absolute atomic E-state index is 0.145. The molecule has 3 N–H and O–H groups in total. The Morgan fingerprint density at radius 2 is 2.18 bits per heavy atom. The number of aliphatic hydroxyl groups is 1. The highest BCUT2D eigenvalue weighted by Gasteiger charge is 2.23. The second kappa shape index (κ2) is 8.50. The van der Waals surface area contributed by atoms with Crippen molar-refractivity contribution in [3.63, 3.8) is 0 Å². The maximum atomic E-state index is 11.1. The highest BCUT2D eigenvalue weighted by molar-refractivity contribution is 7.90. The summed E-state index contributed by atoms with van der Waals surface area (Å²) >= 11 is 1.53. The lowest BCUT2D eigenvalue weighted by Gasteiger charge is -2.21. The normalized spacial score (nSPS) is 15.4. The van der Waals surface area contributed by atoms with Gasteiger partial charge in [0.1, 0.15) is 15.4 Å². The highest BCUT2D eigenvalue weighted by Crippen LogP contribution is 2.23. The molecule has 22 heavy (non-hydrogen) atoms. The van der Waals surface area contributed by atoms with E-state index in [1.54, 1.807) is 6.92 Å². The fourth-order valence-electron chi connectivity index (χ4n) is 1.78. The molecule has 1 unspecified atom stereocenters. The minimum atomic E-state index is -2.94. The van der Waals surface area contributed by atoms with E-state index in [0.717, 1.165) is 5.56 Å². The van der Waals surface area contributed by atoms with E-state index in [1.807, 2.05) is 23.8 Å². The molecule has 126 valence electrons. The Kier molecular flexibility index (Phi) is 7.31. The molecule has 0 fully saturated rings. The van der Waals surface area contributed by atoms with Crippen LogP contribution in [-0.4, -0.2) is 51.1 Å². The lowest BCUT2D eigenvalue weighted by molar-refractivity contribution is 0.0677. The van der Waals surface area contributed by atoms with Gasteiger partial charge in [-0.15, -0.1) is 0 Å². The van der Waals surface area contributed by atoms with Crippen molar-refractivity contribution in [2.24, 2.45) is 4.99 Å². The third-order valence-corrected chi connectivity index (χ3v) is 4.73. The SMILES string of the molecule is CCNC(=NCC(C)(O)c1ccsc1)NCCCS(C)(=O)=O. The van der Waals surface area contributed by atoms with Crippen molar-refractivity contribution in [1.29, 1.82) is 0 Å². The van der Waals surface area contributed by atoms with E-state index in [0.29, 0.717) is 25.5 Å². The molecule has 1 atom stereocenters. The second-order valence-electron chi connectivity index (χ2n) is 5.39. The van der Waals surface area contributed by atoms with Gasteiger partial charge in [-0.2, -0.15) is 11.3 Å². The summed E-state index contributed by atoms with van der Waals surface area (Å²) in [5.41, 5.74) is -0.177. The molecule has 0 aliphatic rings. The van der Waals surface area contributed by atoms with Crippen LogP contribution in [0.2, 0.25) is 0 Å². The molecule has 0 saturated heterocycles. The molecule has 0 saturated carbocycles. The Balaban J connectivity index is 2.54. The van der Waals surface area contributed by atoms with Gasteiger partial charge in [-0.1, -0.05) is 0 Å². The zero-order valence-corrected chi connectivity index (χ0v) is 14.9. The molecule has 0 aliphatic heterocycles. The smallest absolute Gasteiger partial charge is 0.191 e. The van der Waals surface area contributed by atoms with Crippen LogP contribution in [0.25, 0.3) is 0 Å². The summed E-state index contributed by atoms with van der Waals surface area (Å²) in [6.45, 7) is 5.11. The van der Waals surface area contributed by atoms with E-state index in [4.69, 9.17) is 0 Å². The first-order chi connectivity index (χ1) is 10.2. The average molecular weight is 348 g/mol. The van der Waals surface area contributed by atoms with Crippen LogP contribution in [0.1, 0.15) is 25.8 Å². The predicted molar refractivity (Wildman–Crippen MR) is 92.2 cm³/mol. The van der Waals surface area contributed by atoms with E-state index >= 15 is 0 Å². The topological polar surface area (TPSA) is 90.8 Å². The van der Waals surface area contributed by atoms with Crippen LogP contribution in [0.5, 0.6) is 0 Å². The van der Waals surface area contributed by atoms with Gasteiger partial charge < -0.3 is 15.7 Å². The Morgan fingerprint density at radius 1 is 1.45 bits per heavy atom. The van der Waals surface area contributed by atoms with Crippen molar-refractivity contribution in [2.75, 3.05) is 31.6 Å². The predicted octanol–water partition coefficient (Wildman–Crippen LogP) is 0.945. The van der Waals surface area contributed by atoms with Crippen LogP contribution >= 0.6 is 11.3 Å². The van der Waals surface area contributed by atoms with Gasteiger partial charge in [-0.25, -0.2) is 13.4 Å².